The van der Waals surface area contributed by atoms with Crippen LogP contribution in [0.3, 0.4) is 0 Å². The molecular formula is C55H40N2OSi. The van der Waals surface area contributed by atoms with E-state index in [2.05, 4.69) is 223 Å². The molecule has 0 bridgehead atoms. The molecule has 0 saturated carbocycles. The van der Waals surface area contributed by atoms with Gasteiger partial charge in [0.05, 0.1) is 22.1 Å². The molecular weight excluding hydrogens is 733 g/mol. The van der Waals surface area contributed by atoms with Crippen LogP contribution >= 0.6 is 0 Å². The van der Waals surface area contributed by atoms with Crippen molar-refractivity contribution in [2.45, 2.75) is 6.92 Å². The van der Waals surface area contributed by atoms with E-state index in [4.69, 9.17) is 4.42 Å². The van der Waals surface area contributed by atoms with Gasteiger partial charge in [-0.2, -0.15) is 0 Å². The Hall–Kier alpha value is -7.40. The molecule has 0 aliphatic heterocycles. The Labute approximate surface area is 343 Å². The smallest absolute Gasteiger partial charge is 0.179 e. The zero-order chi connectivity index (χ0) is 39.5. The molecule has 3 aromatic heterocycles. The summed E-state index contributed by atoms with van der Waals surface area (Å²) in [6.45, 7) is 6.38. The SMILES string of the molecule is C=C/C=C(\C=C/C)[Si](c1ccccc1)(c1cccc(-n2c3ccccc3c3ccccc32)c1)c1cccc(-n2c3ccccc3c3cc4c(cc32)oc2ccccc24)c1. The molecule has 0 aliphatic carbocycles. The third kappa shape index (κ3) is 5.27. The second-order valence-electron chi connectivity index (χ2n) is 15.3. The minimum Gasteiger partial charge on any atom is -0.456 e. The van der Waals surface area contributed by atoms with E-state index in [-0.39, 0.29) is 0 Å². The molecule has 3 heterocycles. The summed E-state index contributed by atoms with van der Waals surface area (Å²) in [6, 6.07) is 68.9. The first-order valence-electron chi connectivity index (χ1n) is 20.2. The molecule has 11 aromatic rings. The molecule has 4 heteroatoms. The van der Waals surface area contributed by atoms with E-state index in [1.54, 1.807) is 0 Å². The normalized spacial score (nSPS) is 13.4. The molecule has 0 N–H and O–H groups in total. The maximum absolute atomic E-state index is 6.49. The predicted molar refractivity (Wildman–Crippen MR) is 253 cm³/mol. The Balaban J connectivity index is 1.21. The molecule has 0 amide bonds. The molecule has 8 aromatic carbocycles. The zero-order valence-corrected chi connectivity index (χ0v) is 33.7. The minimum atomic E-state index is -3.06. The fraction of sp³-hybridized carbons (Fsp3) is 0.0182. The van der Waals surface area contributed by atoms with Crippen LogP contribution in [0.5, 0.6) is 0 Å². The number of hydrogen-bond donors (Lipinski definition) is 0. The van der Waals surface area contributed by atoms with Crippen LogP contribution in [-0.2, 0) is 0 Å². The Bertz CT molecular complexity index is 3440. The third-order valence-electron chi connectivity index (χ3n) is 12.1. The van der Waals surface area contributed by atoms with Gasteiger partial charge in [0, 0.05) is 49.8 Å². The number of benzene rings is 8. The topological polar surface area (TPSA) is 23.0 Å². The lowest BCUT2D eigenvalue weighted by Crippen LogP contribution is -2.68. The van der Waals surface area contributed by atoms with E-state index in [1.807, 2.05) is 12.1 Å². The fourth-order valence-electron chi connectivity index (χ4n) is 9.72. The molecule has 0 saturated heterocycles. The predicted octanol–water partition coefficient (Wildman–Crippen LogP) is 12.5. The van der Waals surface area contributed by atoms with E-state index >= 15 is 0 Å². The highest BCUT2D eigenvalue weighted by molar-refractivity contribution is 7.16. The monoisotopic (exact) mass is 772 g/mol. The average Bonchev–Trinajstić information content (AvgIpc) is 3.94. The lowest BCUT2D eigenvalue weighted by molar-refractivity contribution is 0.669. The molecule has 0 fully saturated rings. The van der Waals surface area contributed by atoms with E-state index in [0.717, 1.165) is 44.3 Å². The fourth-order valence-corrected chi connectivity index (χ4v) is 14.6. The summed E-state index contributed by atoms with van der Waals surface area (Å²) in [5, 5.41) is 12.3. The maximum atomic E-state index is 6.49. The van der Waals surface area contributed by atoms with Gasteiger partial charge in [-0.1, -0.05) is 158 Å². The molecule has 0 spiro atoms. The summed E-state index contributed by atoms with van der Waals surface area (Å²) < 4.78 is 11.3. The highest BCUT2D eigenvalue weighted by Crippen LogP contribution is 2.38. The Morgan fingerprint density at radius 1 is 0.458 bits per heavy atom. The second-order valence-corrected chi connectivity index (χ2v) is 19.1. The second kappa shape index (κ2) is 13.9. The lowest BCUT2D eigenvalue weighted by Gasteiger charge is -2.36. The largest absolute Gasteiger partial charge is 0.456 e. The van der Waals surface area contributed by atoms with Gasteiger partial charge < -0.3 is 13.6 Å². The van der Waals surface area contributed by atoms with Crippen LogP contribution in [-0.4, -0.2) is 17.2 Å². The summed E-state index contributed by atoms with van der Waals surface area (Å²) >= 11 is 0. The Morgan fingerprint density at radius 2 is 0.966 bits per heavy atom. The summed E-state index contributed by atoms with van der Waals surface area (Å²) in [7, 11) is -3.06. The summed E-state index contributed by atoms with van der Waals surface area (Å²) in [4.78, 5) is 0. The molecule has 280 valence electrons. The summed E-state index contributed by atoms with van der Waals surface area (Å²) in [6.07, 6.45) is 8.66. The lowest BCUT2D eigenvalue weighted by atomic mass is 10.1. The van der Waals surface area contributed by atoms with E-state index in [9.17, 15) is 0 Å². The molecule has 1 unspecified atom stereocenters. The van der Waals surface area contributed by atoms with Gasteiger partial charge in [0.2, 0.25) is 0 Å². The van der Waals surface area contributed by atoms with Crippen molar-refractivity contribution in [1.82, 2.24) is 9.13 Å². The van der Waals surface area contributed by atoms with Crippen molar-refractivity contribution < 1.29 is 4.42 Å². The van der Waals surface area contributed by atoms with Crippen LogP contribution in [0.4, 0.5) is 0 Å². The molecule has 59 heavy (non-hydrogen) atoms. The van der Waals surface area contributed by atoms with Crippen LogP contribution in [0.25, 0.3) is 76.9 Å². The Kier molecular flexibility index (Phi) is 8.21. The summed E-state index contributed by atoms with van der Waals surface area (Å²) in [5.41, 5.74) is 8.70. The van der Waals surface area contributed by atoms with Gasteiger partial charge in [-0.15, -0.1) is 0 Å². The summed E-state index contributed by atoms with van der Waals surface area (Å²) in [5.74, 6) is 0. The van der Waals surface area contributed by atoms with Crippen molar-refractivity contribution in [3.8, 4) is 11.4 Å². The van der Waals surface area contributed by atoms with E-state index < -0.39 is 8.07 Å². The van der Waals surface area contributed by atoms with Crippen molar-refractivity contribution in [2.75, 3.05) is 0 Å². The molecule has 3 nitrogen and oxygen atoms in total. The van der Waals surface area contributed by atoms with Crippen molar-refractivity contribution in [3.05, 3.63) is 224 Å². The Morgan fingerprint density at radius 3 is 1.56 bits per heavy atom. The van der Waals surface area contributed by atoms with E-state index in [1.165, 1.54) is 53.3 Å². The van der Waals surface area contributed by atoms with Crippen LogP contribution < -0.4 is 15.6 Å². The zero-order valence-electron chi connectivity index (χ0n) is 32.7. The highest BCUT2D eigenvalue weighted by atomic mass is 28.3. The quantitative estimate of drug-likeness (QED) is 0.0857. The number of rotatable bonds is 8. The first-order chi connectivity index (χ1) is 29.2. The van der Waals surface area contributed by atoms with Gasteiger partial charge >= 0.3 is 0 Å². The van der Waals surface area contributed by atoms with Crippen LogP contribution in [0.1, 0.15) is 6.92 Å². The van der Waals surface area contributed by atoms with E-state index in [0.29, 0.717) is 0 Å². The molecule has 11 rings (SSSR count). The first kappa shape index (κ1) is 34.8. The highest BCUT2D eigenvalue weighted by Gasteiger charge is 2.42. The number of aromatic nitrogens is 2. The van der Waals surface area contributed by atoms with Crippen LogP contribution in [0.15, 0.2) is 229 Å². The third-order valence-corrected chi connectivity index (χ3v) is 16.9. The number of fused-ring (bicyclic) bond motifs is 9. The van der Waals surface area contributed by atoms with Gasteiger partial charge in [-0.25, -0.2) is 0 Å². The van der Waals surface area contributed by atoms with Gasteiger partial charge in [0.15, 0.2) is 8.07 Å². The van der Waals surface area contributed by atoms with Crippen LogP contribution in [0, 0.1) is 0 Å². The van der Waals surface area contributed by atoms with Crippen LogP contribution in [0.2, 0.25) is 0 Å². The number of furan rings is 1. The minimum absolute atomic E-state index is 0.887. The molecule has 1 atom stereocenters. The number of para-hydroxylation sites is 4. The van der Waals surface area contributed by atoms with Gasteiger partial charge in [0.1, 0.15) is 11.2 Å². The number of hydrogen-bond acceptors (Lipinski definition) is 1. The van der Waals surface area contributed by atoms with Crippen molar-refractivity contribution in [1.29, 1.82) is 0 Å². The molecule has 0 aliphatic rings. The van der Waals surface area contributed by atoms with Crippen molar-refractivity contribution >= 4 is 89.2 Å². The van der Waals surface area contributed by atoms with Crippen molar-refractivity contribution in [3.63, 3.8) is 0 Å². The number of nitrogens with zero attached hydrogens (tertiary/aromatic N) is 2. The maximum Gasteiger partial charge on any atom is 0.179 e. The van der Waals surface area contributed by atoms with Gasteiger partial charge in [-0.05, 0) is 82.3 Å². The number of allylic oxidation sites excluding steroid dienone is 5. The van der Waals surface area contributed by atoms with Crippen molar-refractivity contribution in [2.24, 2.45) is 0 Å². The first-order valence-corrected chi connectivity index (χ1v) is 22.2. The average molecular weight is 773 g/mol. The standard InChI is InChI=1S/C55H40N2OSi/c1-3-18-40(19-4-2)59(41-22-6-5-7-23-41,42-24-16-20-38(34-42)56-50-30-12-8-26-44(50)45-27-9-13-31-51(45)56)43-25-17-21-39(35-43)57-52-32-14-10-28-46(52)48-36-49-47-29-11-15-33-54(47)58-55(49)37-53(48)57/h3-37H,1H2,2H3/b19-4-,40-18+. The van der Waals surface area contributed by atoms with Gasteiger partial charge in [0.25, 0.3) is 0 Å². The van der Waals surface area contributed by atoms with Gasteiger partial charge in [-0.3, -0.25) is 0 Å². The molecule has 0 radical (unpaired) electrons.